The summed E-state index contributed by atoms with van der Waals surface area (Å²) in [4.78, 5) is 0. The van der Waals surface area contributed by atoms with Crippen LogP contribution < -0.4 is 11.3 Å². The molecular weight excluding hydrogens is 207 g/mol. The maximum atomic E-state index is 12.8. The fourth-order valence-electron chi connectivity index (χ4n) is 1.81. The molecule has 0 spiro atoms. The van der Waals surface area contributed by atoms with Crippen molar-refractivity contribution in [1.29, 1.82) is 0 Å². The molecule has 3 nitrogen and oxygen atoms in total. The molecule has 0 aliphatic carbocycles. The van der Waals surface area contributed by atoms with E-state index in [1.165, 1.54) is 12.1 Å². The van der Waals surface area contributed by atoms with Crippen molar-refractivity contribution in [3.05, 3.63) is 35.6 Å². The lowest BCUT2D eigenvalue weighted by molar-refractivity contribution is -0.0392. The Hall–Kier alpha value is -0.970. The van der Waals surface area contributed by atoms with Gasteiger partial charge in [0.2, 0.25) is 0 Å². The van der Waals surface area contributed by atoms with Crippen LogP contribution in [-0.4, -0.2) is 12.2 Å². The Morgan fingerprint density at radius 3 is 2.38 bits per heavy atom. The molecule has 0 aliphatic rings. The first kappa shape index (κ1) is 13.1. The summed E-state index contributed by atoms with van der Waals surface area (Å²) in [6.07, 6.45) is 0. The zero-order chi connectivity index (χ0) is 12.2. The molecule has 0 heterocycles. The van der Waals surface area contributed by atoms with E-state index in [0.29, 0.717) is 6.61 Å². The first-order valence-electron chi connectivity index (χ1n) is 5.36. The highest BCUT2D eigenvalue weighted by Crippen LogP contribution is 2.28. The Bertz CT molecular complexity index is 324. The van der Waals surface area contributed by atoms with E-state index < -0.39 is 5.60 Å². The molecule has 0 aromatic heterocycles. The summed E-state index contributed by atoms with van der Waals surface area (Å²) in [6, 6.07) is 6.08. The molecule has 4 heteroatoms. The lowest BCUT2D eigenvalue weighted by atomic mass is 9.92. The van der Waals surface area contributed by atoms with Gasteiger partial charge in [-0.2, -0.15) is 0 Å². The van der Waals surface area contributed by atoms with Gasteiger partial charge in [-0.25, -0.2) is 4.39 Å². The van der Waals surface area contributed by atoms with Crippen LogP contribution in [0.5, 0.6) is 0 Å². The van der Waals surface area contributed by atoms with E-state index in [9.17, 15) is 4.39 Å². The Morgan fingerprint density at radius 2 is 1.94 bits per heavy atom. The van der Waals surface area contributed by atoms with Crippen molar-refractivity contribution in [3.8, 4) is 0 Å². The van der Waals surface area contributed by atoms with Crippen LogP contribution in [0.4, 0.5) is 4.39 Å². The molecule has 0 radical (unpaired) electrons. The predicted octanol–water partition coefficient (Wildman–Crippen LogP) is 2.15. The summed E-state index contributed by atoms with van der Waals surface area (Å²) in [6.45, 7) is 6.43. The Balaban J connectivity index is 2.93. The lowest BCUT2D eigenvalue weighted by Gasteiger charge is -2.34. The second-order valence-electron chi connectivity index (χ2n) is 4.19. The van der Waals surface area contributed by atoms with Gasteiger partial charge in [0.05, 0.1) is 11.6 Å². The van der Waals surface area contributed by atoms with Gasteiger partial charge in [0, 0.05) is 6.61 Å². The van der Waals surface area contributed by atoms with Gasteiger partial charge in [-0.1, -0.05) is 12.1 Å². The largest absolute Gasteiger partial charge is 0.374 e. The zero-order valence-electron chi connectivity index (χ0n) is 9.96. The molecule has 0 saturated carbocycles. The lowest BCUT2D eigenvalue weighted by Crippen LogP contribution is -2.44. The second kappa shape index (κ2) is 5.39. The minimum atomic E-state index is -0.443. The summed E-state index contributed by atoms with van der Waals surface area (Å²) in [5.74, 6) is 5.28. The highest BCUT2D eigenvalue weighted by atomic mass is 19.1. The fourth-order valence-corrected chi connectivity index (χ4v) is 1.81. The molecule has 0 aliphatic heterocycles. The Morgan fingerprint density at radius 1 is 1.38 bits per heavy atom. The standard InChI is InChI=1S/C12H19FN2O/c1-4-16-12(2,3)11(15-14)9-5-7-10(13)8-6-9/h5-8,11,15H,4,14H2,1-3H3. The Labute approximate surface area is 95.8 Å². The minimum absolute atomic E-state index is 0.173. The minimum Gasteiger partial charge on any atom is -0.374 e. The molecule has 1 rings (SSSR count). The average Bonchev–Trinajstić information content (AvgIpc) is 2.21. The predicted molar refractivity (Wildman–Crippen MR) is 62.2 cm³/mol. The molecule has 90 valence electrons. The van der Waals surface area contributed by atoms with E-state index in [4.69, 9.17) is 10.6 Å². The normalized spacial score (nSPS) is 13.8. The van der Waals surface area contributed by atoms with Crippen molar-refractivity contribution >= 4 is 0 Å². The van der Waals surface area contributed by atoms with Gasteiger partial charge < -0.3 is 4.74 Å². The molecule has 1 aromatic rings. The maximum absolute atomic E-state index is 12.8. The van der Waals surface area contributed by atoms with E-state index in [1.54, 1.807) is 12.1 Å². The summed E-state index contributed by atoms with van der Waals surface area (Å²) in [7, 11) is 0. The number of ether oxygens (including phenoxy) is 1. The van der Waals surface area contributed by atoms with Gasteiger partial charge in [-0.3, -0.25) is 11.3 Å². The fraction of sp³-hybridized carbons (Fsp3) is 0.500. The first-order chi connectivity index (χ1) is 7.51. The van der Waals surface area contributed by atoms with Crippen LogP contribution >= 0.6 is 0 Å². The third kappa shape index (κ3) is 3.01. The van der Waals surface area contributed by atoms with E-state index in [1.807, 2.05) is 20.8 Å². The van der Waals surface area contributed by atoms with Gasteiger partial charge in [-0.15, -0.1) is 0 Å². The molecule has 0 fully saturated rings. The smallest absolute Gasteiger partial charge is 0.123 e. The SMILES string of the molecule is CCOC(C)(C)C(NN)c1ccc(F)cc1. The van der Waals surface area contributed by atoms with Crippen LogP contribution in [0.15, 0.2) is 24.3 Å². The van der Waals surface area contributed by atoms with Crippen LogP contribution in [0.25, 0.3) is 0 Å². The van der Waals surface area contributed by atoms with Gasteiger partial charge in [0.15, 0.2) is 0 Å². The summed E-state index contributed by atoms with van der Waals surface area (Å²) in [5, 5.41) is 0. The third-order valence-electron chi connectivity index (χ3n) is 2.58. The van der Waals surface area contributed by atoms with E-state index in [0.717, 1.165) is 5.56 Å². The molecule has 0 amide bonds. The van der Waals surface area contributed by atoms with Crippen molar-refractivity contribution in [3.63, 3.8) is 0 Å². The van der Waals surface area contributed by atoms with Crippen LogP contribution in [0.1, 0.15) is 32.4 Å². The van der Waals surface area contributed by atoms with Crippen molar-refractivity contribution in [1.82, 2.24) is 5.43 Å². The number of nitrogens with two attached hydrogens (primary N) is 1. The van der Waals surface area contributed by atoms with Crippen LogP contribution in [0.3, 0.4) is 0 Å². The first-order valence-corrected chi connectivity index (χ1v) is 5.36. The number of hydrogen-bond donors (Lipinski definition) is 2. The van der Waals surface area contributed by atoms with Crippen molar-refractivity contribution < 1.29 is 9.13 Å². The van der Waals surface area contributed by atoms with Crippen LogP contribution in [0.2, 0.25) is 0 Å². The molecule has 16 heavy (non-hydrogen) atoms. The molecule has 1 aromatic carbocycles. The van der Waals surface area contributed by atoms with Gasteiger partial charge >= 0.3 is 0 Å². The highest BCUT2D eigenvalue weighted by Gasteiger charge is 2.30. The monoisotopic (exact) mass is 226 g/mol. The van der Waals surface area contributed by atoms with E-state index >= 15 is 0 Å². The molecule has 1 unspecified atom stereocenters. The van der Waals surface area contributed by atoms with Gasteiger partial charge in [0.1, 0.15) is 5.82 Å². The molecular formula is C12H19FN2O. The number of halogens is 1. The van der Waals surface area contributed by atoms with E-state index in [2.05, 4.69) is 5.43 Å². The quantitative estimate of drug-likeness (QED) is 0.597. The summed E-state index contributed by atoms with van der Waals surface area (Å²) in [5.41, 5.74) is 3.18. The summed E-state index contributed by atoms with van der Waals surface area (Å²) >= 11 is 0. The summed E-state index contributed by atoms with van der Waals surface area (Å²) < 4.78 is 18.4. The molecule has 0 bridgehead atoms. The molecule has 1 atom stereocenters. The number of rotatable bonds is 5. The Kier molecular flexibility index (Phi) is 4.41. The third-order valence-corrected chi connectivity index (χ3v) is 2.58. The maximum Gasteiger partial charge on any atom is 0.123 e. The second-order valence-corrected chi connectivity index (χ2v) is 4.19. The van der Waals surface area contributed by atoms with E-state index in [-0.39, 0.29) is 11.9 Å². The van der Waals surface area contributed by atoms with Crippen LogP contribution in [0, 0.1) is 5.82 Å². The number of hydrogen-bond acceptors (Lipinski definition) is 3. The zero-order valence-corrected chi connectivity index (χ0v) is 9.96. The van der Waals surface area contributed by atoms with Crippen molar-refractivity contribution in [2.45, 2.75) is 32.4 Å². The van der Waals surface area contributed by atoms with Crippen molar-refractivity contribution in [2.75, 3.05) is 6.61 Å². The van der Waals surface area contributed by atoms with Gasteiger partial charge in [0.25, 0.3) is 0 Å². The molecule has 0 saturated heterocycles. The average molecular weight is 226 g/mol. The number of benzene rings is 1. The van der Waals surface area contributed by atoms with Crippen molar-refractivity contribution in [2.24, 2.45) is 5.84 Å². The highest BCUT2D eigenvalue weighted by molar-refractivity contribution is 5.22. The molecule has 3 N–H and O–H groups in total. The van der Waals surface area contributed by atoms with Crippen LogP contribution in [-0.2, 0) is 4.74 Å². The van der Waals surface area contributed by atoms with Gasteiger partial charge in [-0.05, 0) is 38.5 Å². The topological polar surface area (TPSA) is 47.3 Å². The number of hydrazine groups is 1. The number of nitrogens with one attached hydrogen (secondary N) is 1.